The summed E-state index contributed by atoms with van der Waals surface area (Å²) in [6.07, 6.45) is 38.4. The van der Waals surface area contributed by atoms with Crippen LogP contribution in [0, 0.1) is 0 Å². The van der Waals surface area contributed by atoms with Crippen LogP contribution in [0.4, 0.5) is 0 Å². The Balaban J connectivity index is 0.000000239. The highest BCUT2D eigenvalue weighted by Crippen LogP contribution is 2.41. The molecule has 0 aliphatic carbocycles. The lowest BCUT2D eigenvalue weighted by atomic mass is 9.95. The third-order valence-electron chi connectivity index (χ3n) is 21.7. The molecule has 0 fully saturated rings. The van der Waals surface area contributed by atoms with Gasteiger partial charge in [-0.05, 0) is 335 Å². The fourth-order valence-corrected chi connectivity index (χ4v) is 13.7. The van der Waals surface area contributed by atoms with Gasteiger partial charge in [-0.3, -0.25) is 0 Å². The van der Waals surface area contributed by atoms with E-state index in [2.05, 4.69) is 6.08 Å². The smallest absolute Gasteiger partial charge is 0.161 e. The number of allylic oxidation sites excluding steroid dienone is 12. The molecule has 0 atom stereocenters. The second-order valence-electron chi connectivity index (χ2n) is 35.7. The van der Waals surface area contributed by atoms with Crippen molar-refractivity contribution in [3.05, 3.63) is 364 Å². The third-order valence-corrected chi connectivity index (χ3v) is 21.7. The van der Waals surface area contributed by atoms with Crippen LogP contribution in [0.5, 0.6) is 138 Å². The molecule has 0 radical (unpaired) electrons. The molecule has 12 rings (SSSR count). The zero-order chi connectivity index (χ0) is 108. The zero-order valence-corrected chi connectivity index (χ0v) is 86.3. The number of phenolic OH excluding ortho intramolecular Hbond substituents is 18. The van der Waals surface area contributed by atoms with Crippen molar-refractivity contribution in [3.8, 4) is 138 Å². The molecule has 0 aliphatic rings. The summed E-state index contributed by atoms with van der Waals surface area (Å²) in [6, 6.07) is 50.0. The second-order valence-corrected chi connectivity index (χ2v) is 35.7. The molecule has 24 heteroatoms. The van der Waals surface area contributed by atoms with Crippen molar-refractivity contribution in [3.63, 3.8) is 0 Å². The van der Waals surface area contributed by atoms with Crippen LogP contribution in [-0.4, -0.2) is 134 Å². The summed E-state index contributed by atoms with van der Waals surface area (Å²) < 4.78 is 31.9. The molecule has 147 heavy (non-hydrogen) atoms. The Labute approximate surface area is 861 Å². The van der Waals surface area contributed by atoms with Crippen molar-refractivity contribution in [1.29, 1.82) is 0 Å². The molecule has 0 spiro atoms. The monoisotopic (exact) mass is 2000 g/mol. The maximum Gasteiger partial charge on any atom is 0.161 e. The van der Waals surface area contributed by atoms with Crippen LogP contribution in [0.25, 0.3) is 72.9 Å². The van der Waals surface area contributed by atoms with Gasteiger partial charge in [-0.2, -0.15) is 0 Å². The predicted octanol–water partition coefficient (Wildman–Crippen LogP) is 28.1. The molecule has 12 aromatic carbocycles. The molecule has 772 valence electrons. The van der Waals surface area contributed by atoms with Crippen LogP contribution in [-0.2, 0) is 32.1 Å². The molecular weight excluding hydrogens is 1860 g/mol. The number of hydrogen-bond acceptors (Lipinski definition) is 24. The van der Waals surface area contributed by atoms with Gasteiger partial charge in [-0.1, -0.05) is 179 Å². The number of aromatic hydroxyl groups is 18. The van der Waals surface area contributed by atoms with E-state index in [1.54, 1.807) is 189 Å². The molecular formula is C123H136O24. The molecule has 12 aromatic rings. The van der Waals surface area contributed by atoms with Crippen LogP contribution in [0.1, 0.15) is 192 Å². The Morgan fingerprint density at radius 3 is 0.830 bits per heavy atom. The summed E-state index contributed by atoms with van der Waals surface area (Å²) in [4.78, 5) is 0. The summed E-state index contributed by atoms with van der Waals surface area (Å²) >= 11 is 0. The minimum absolute atomic E-state index is 0.0170. The van der Waals surface area contributed by atoms with Crippen molar-refractivity contribution in [2.24, 2.45) is 0 Å². The van der Waals surface area contributed by atoms with E-state index in [4.69, 9.17) is 28.4 Å². The molecule has 0 unspecified atom stereocenters. The maximum atomic E-state index is 10.8. The molecule has 24 nitrogen and oxygen atoms in total. The molecule has 0 heterocycles. The van der Waals surface area contributed by atoms with Gasteiger partial charge in [-0.15, -0.1) is 0 Å². The number of rotatable bonds is 32. The van der Waals surface area contributed by atoms with Gasteiger partial charge >= 0.3 is 0 Å². The highest BCUT2D eigenvalue weighted by atomic mass is 16.5. The summed E-state index contributed by atoms with van der Waals surface area (Å²) in [5, 5.41) is 177. The van der Waals surface area contributed by atoms with E-state index < -0.39 is 0 Å². The molecule has 0 aromatic heterocycles. The lowest BCUT2D eigenvalue weighted by molar-refractivity contribution is 0.358. The Morgan fingerprint density at radius 1 is 0.190 bits per heavy atom. The van der Waals surface area contributed by atoms with Crippen LogP contribution >= 0.6 is 0 Å². The van der Waals surface area contributed by atoms with E-state index in [1.165, 1.54) is 74.9 Å². The van der Waals surface area contributed by atoms with Gasteiger partial charge in [0.2, 0.25) is 0 Å². The highest BCUT2D eigenvalue weighted by Gasteiger charge is 2.18. The minimum Gasteiger partial charge on any atom is -0.508 e. The first-order valence-corrected chi connectivity index (χ1v) is 47.0. The Hall–Kier alpha value is -17.5. The fraction of sp³-hybridized carbons (Fsp3) is 0.203. The van der Waals surface area contributed by atoms with Crippen LogP contribution in [0.2, 0.25) is 0 Å². The molecule has 18 N–H and O–H groups in total. The molecule has 0 amide bonds. The van der Waals surface area contributed by atoms with Gasteiger partial charge in [0.25, 0.3) is 0 Å². The number of hydrogen-bond donors (Lipinski definition) is 18. The Bertz CT molecular complexity index is 6890. The van der Waals surface area contributed by atoms with E-state index in [1.807, 2.05) is 170 Å². The summed E-state index contributed by atoms with van der Waals surface area (Å²) in [7, 11) is 6.11. The Kier molecular flexibility index (Phi) is 46.0. The minimum atomic E-state index is -0.199. The predicted molar refractivity (Wildman–Crippen MR) is 593 cm³/mol. The number of ether oxygens (including phenoxy) is 6. The second kappa shape index (κ2) is 58.1. The van der Waals surface area contributed by atoms with Gasteiger partial charge < -0.3 is 120 Å². The number of phenols is 18. The van der Waals surface area contributed by atoms with Gasteiger partial charge in [-0.25, -0.2) is 0 Å². The first-order valence-electron chi connectivity index (χ1n) is 47.0. The molecule has 0 saturated carbocycles. The highest BCUT2D eigenvalue weighted by molar-refractivity contribution is 5.80. The van der Waals surface area contributed by atoms with Crippen LogP contribution in [0.15, 0.2) is 270 Å². The van der Waals surface area contributed by atoms with Crippen molar-refractivity contribution in [1.82, 2.24) is 0 Å². The maximum absolute atomic E-state index is 10.8. The van der Waals surface area contributed by atoms with Crippen LogP contribution in [0.3, 0.4) is 0 Å². The topological polar surface area (TPSA) is 420 Å². The lowest BCUT2D eigenvalue weighted by Gasteiger charge is -2.14. The van der Waals surface area contributed by atoms with Gasteiger partial charge in [0.15, 0.2) is 69.0 Å². The fourth-order valence-electron chi connectivity index (χ4n) is 13.7. The van der Waals surface area contributed by atoms with Gasteiger partial charge in [0.1, 0.15) is 82.2 Å². The summed E-state index contributed by atoms with van der Waals surface area (Å²) in [6.45, 7) is 28.8. The largest absolute Gasteiger partial charge is 0.508 e. The standard InChI is InChI=1S/C24H28O4.C21H24O4.2C20H22O4.2C19H20O4/c1-15(2)5-10-19-18(9-7-17-8-12-21(25)23(27)13-17)14-22(26)20(24(19)28)11-6-16(3)4;1-14(2)5-9-18-16(12-17(22)13-20(18)24-3)8-6-15-7-10-19(23)21(11-15)25-4;1-13(2)4-8-16-17(21)11-15(12-18(16)22)6-5-14-7-9-20(24-3)19(23)10-14;1-14(2)8-9-24-18-11-16(10-17(21)13-18)5-4-15-6-7-19(22)20(12-15)23-3;1-12(2)3-7-16-14(10-15(20)11-18(16)22)6-4-13-5-8-17(21)19(23)9-13;1-13(2)7-8-23-17-10-15(9-16(20)12-17)4-3-14-5-6-18(21)19(22)11-14/h5-9,12-14,25-28H,10-11H2,1-4H3;5-8,10-13,22-23H,9H2,1-4H3;4-7,9-12,21-23H,8H2,1-3H3;4-8,10-13,21-22H,9H2,1-3H3;3-6,8-11,20-23H,7H2,1-2H3;3-7,9-12,20-22H,8H2,1-2H3/b9-7+;8-6+;6-5+;5-4+;6-4+;4-3+. The van der Waals surface area contributed by atoms with Crippen molar-refractivity contribution in [2.45, 2.75) is 129 Å². The van der Waals surface area contributed by atoms with E-state index in [9.17, 15) is 91.9 Å². The van der Waals surface area contributed by atoms with Crippen molar-refractivity contribution >= 4 is 72.9 Å². The molecule has 0 aliphatic heterocycles. The SMILES string of the molecule is CC(C)=CCOc1cc(O)cc(/C=C/c2ccc(O)c(O)c2)c1.CC(C)=CCc1c(O)cc(/C=C/c2ccc(O)c(O)c2)c(CC=C(C)C)c1O.CC(C)=CCc1c(O)cc(O)cc1/C=C/c1ccc(O)c(O)c1.COc1cc(/C=C/c2cc(O)cc(OC)c2CC=C(C)C)ccc1O.COc1cc(/C=C/c2cc(O)cc(OCC=C(C)C)c2)ccc1O.COc1ccc(/C=C/c2cc(O)c(CC=C(C)C)c(O)c2)cc1O. The first kappa shape index (κ1) is 116. The van der Waals surface area contributed by atoms with E-state index in [0.717, 1.165) is 77.9 Å². The third kappa shape index (κ3) is 39.7. The quantitative estimate of drug-likeness (QED) is 0.0106. The zero-order valence-electron chi connectivity index (χ0n) is 86.3. The molecule has 0 bridgehead atoms. The Morgan fingerprint density at radius 2 is 0.463 bits per heavy atom. The lowest BCUT2D eigenvalue weighted by Crippen LogP contribution is -1.95. The average molecular weight is 2000 g/mol. The van der Waals surface area contributed by atoms with Crippen LogP contribution < -0.4 is 28.4 Å². The van der Waals surface area contributed by atoms with Crippen molar-refractivity contribution in [2.75, 3.05) is 41.7 Å². The molecule has 0 saturated heterocycles. The van der Waals surface area contributed by atoms with Gasteiger partial charge in [0, 0.05) is 52.1 Å². The average Bonchev–Trinajstić information content (AvgIpc) is 0.794. The van der Waals surface area contributed by atoms with Gasteiger partial charge in [0.05, 0.1) is 28.4 Å². The number of benzene rings is 12. The number of methoxy groups -OCH3 is 4. The normalized spacial score (nSPS) is 10.8. The van der Waals surface area contributed by atoms with E-state index in [0.29, 0.717) is 124 Å². The van der Waals surface area contributed by atoms with Crippen molar-refractivity contribution < 1.29 is 120 Å². The van der Waals surface area contributed by atoms with E-state index in [-0.39, 0.29) is 103 Å². The van der Waals surface area contributed by atoms with E-state index >= 15 is 0 Å². The summed E-state index contributed by atoms with van der Waals surface area (Å²) in [5.74, 6) is 2.95. The first-order chi connectivity index (χ1) is 69.8. The summed E-state index contributed by atoms with van der Waals surface area (Å²) in [5.41, 5.74) is 20.7.